The maximum Gasteiger partial charge on any atom is 0.419 e. The van der Waals surface area contributed by atoms with Crippen molar-refractivity contribution < 1.29 is 43.2 Å². The summed E-state index contributed by atoms with van der Waals surface area (Å²) in [6, 6.07) is 0. The molecule has 0 aliphatic carbocycles. The topological polar surface area (TPSA) is 132 Å². The highest BCUT2D eigenvalue weighted by Crippen LogP contribution is 2.18. The van der Waals surface area contributed by atoms with Crippen LogP contribution in [0.3, 0.4) is 0 Å². The summed E-state index contributed by atoms with van der Waals surface area (Å²) in [5.41, 5.74) is -3.15. The SMILES string of the molecule is CC(C)(C)OC(=O)N(CCCCCC(O)CCN(C(=O)OC(C)(C)C)C(=O)OC(C)(C)C)C(=O)OC(C)(C)C. The van der Waals surface area contributed by atoms with Crippen LogP contribution in [0, 0.1) is 0 Å². The lowest BCUT2D eigenvalue weighted by Crippen LogP contribution is -2.44. The Balaban J connectivity index is 4.94. The Morgan fingerprint density at radius 3 is 1.13 bits per heavy atom. The minimum Gasteiger partial charge on any atom is -0.443 e. The zero-order chi connectivity index (χ0) is 30.8. The number of hydrogen-bond acceptors (Lipinski definition) is 9. The highest BCUT2D eigenvalue weighted by atomic mass is 16.6. The Labute approximate surface area is 234 Å². The zero-order valence-corrected chi connectivity index (χ0v) is 26.1. The predicted octanol–water partition coefficient (Wildman–Crippen LogP) is 6.64. The molecule has 0 fully saturated rings. The summed E-state index contributed by atoms with van der Waals surface area (Å²) < 4.78 is 21.4. The van der Waals surface area contributed by atoms with E-state index in [1.54, 1.807) is 83.1 Å². The number of nitrogens with zero attached hydrogens (tertiary/aromatic N) is 2. The van der Waals surface area contributed by atoms with Gasteiger partial charge in [-0.25, -0.2) is 29.0 Å². The van der Waals surface area contributed by atoms with E-state index in [-0.39, 0.29) is 19.5 Å². The number of unbranched alkanes of at least 4 members (excludes halogenated alkanes) is 2. The highest BCUT2D eigenvalue weighted by molar-refractivity contribution is 5.88. The van der Waals surface area contributed by atoms with Gasteiger partial charge in [0.2, 0.25) is 0 Å². The maximum atomic E-state index is 12.6. The summed E-state index contributed by atoms with van der Waals surface area (Å²) in [5.74, 6) is 0. The first-order valence-electron chi connectivity index (χ1n) is 13.6. The van der Waals surface area contributed by atoms with Gasteiger partial charge in [-0.1, -0.05) is 12.8 Å². The van der Waals surface area contributed by atoms with Crippen molar-refractivity contribution in [3.8, 4) is 0 Å². The standard InChI is InChI=1S/C28H52N2O9/c1-25(2,3)36-21(32)29(22(33)37-26(4,5)6)18-15-13-14-16-20(31)17-19-30(23(34)38-27(7,8)9)24(35)39-28(10,11)12/h20,31H,13-19H2,1-12H3. The molecule has 39 heavy (non-hydrogen) atoms. The molecule has 0 aromatic rings. The van der Waals surface area contributed by atoms with Crippen molar-refractivity contribution in [3.63, 3.8) is 0 Å². The molecule has 0 aromatic carbocycles. The van der Waals surface area contributed by atoms with Gasteiger partial charge in [0.1, 0.15) is 22.4 Å². The number of aliphatic hydroxyl groups excluding tert-OH is 1. The first kappa shape index (κ1) is 36.4. The van der Waals surface area contributed by atoms with Crippen LogP contribution in [0.25, 0.3) is 0 Å². The van der Waals surface area contributed by atoms with Crippen LogP contribution in [0.1, 0.15) is 115 Å². The van der Waals surface area contributed by atoms with Crippen LogP contribution in [-0.2, 0) is 18.9 Å². The summed E-state index contributed by atoms with van der Waals surface area (Å²) in [5, 5.41) is 10.5. The number of carbonyl (C=O) groups excluding carboxylic acids is 4. The average molecular weight is 561 g/mol. The minimum atomic E-state index is -0.840. The Morgan fingerprint density at radius 1 is 0.513 bits per heavy atom. The van der Waals surface area contributed by atoms with E-state index in [0.29, 0.717) is 25.7 Å². The van der Waals surface area contributed by atoms with Crippen molar-refractivity contribution in [2.45, 2.75) is 144 Å². The summed E-state index contributed by atoms with van der Waals surface area (Å²) in [6.07, 6.45) is -1.80. The molecule has 0 saturated heterocycles. The fraction of sp³-hybridized carbons (Fsp3) is 0.857. The molecule has 0 aromatic heterocycles. The van der Waals surface area contributed by atoms with Crippen LogP contribution < -0.4 is 0 Å². The molecule has 0 spiro atoms. The Hall–Kier alpha value is -2.56. The number of hydrogen-bond donors (Lipinski definition) is 1. The third kappa shape index (κ3) is 18.4. The molecule has 228 valence electrons. The molecule has 0 saturated carbocycles. The van der Waals surface area contributed by atoms with Gasteiger partial charge in [-0.2, -0.15) is 0 Å². The number of imide groups is 2. The van der Waals surface area contributed by atoms with E-state index < -0.39 is 52.9 Å². The van der Waals surface area contributed by atoms with Crippen LogP contribution in [-0.4, -0.2) is 80.9 Å². The highest BCUT2D eigenvalue weighted by Gasteiger charge is 2.32. The lowest BCUT2D eigenvalue weighted by molar-refractivity contribution is -0.00283. The smallest absolute Gasteiger partial charge is 0.419 e. The Kier molecular flexibility index (Phi) is 13.8. The monoisotopic (exact) mass is 560 g/mol. The average Bonchev–Trinajstić information content (AvgIpc) is 2.64. The van der Waals surface area contributed by atoms with Gasteiger partial charge in [0.05, 0.1) is 6.10 Å². The van der Waals surface area contributed by atoms with Gasteiger partial charge in [-0.15, -0.1) is 0 Å². The zero-order valence-electron chi connectivity index (χ0n) is 26.1. The van der Waals surface area contributed by atoms with E-state index in [1.165, 1.54) is 0 Å². The second kappa shape index (κ2) is 14.7. The van der Waals surface area contributed by atoms with E-state index in [1.807, 2.05) is 0 Å². The van der Waals surface area contributed by atoms with Gasteiger partial charge in [-0.3, -0.25) is 0 Å². The number of rotatable bonds is 9. The van der Waals surface area contributed by atoms with Crippen LogP contribution >= 0.6 is 0 Å². The van der Waals surface area contributed by atoms with Gasteiger partial charge in [0, 0.05) is 13.1 Å². The fourth-order valence-corrected chi connectivity index (χ4v) is 3.03. The molecule has 0 aliphatic rings. The van der Waals surface area contributed by atoms with Gasteiger partial charge in [0.15, 0.2) is 0 Å². The number of amides is 4. The maximum absolute atomic E-state index is 12.6. The minimum absolute atomic E-state index is 0.0734. The van der Waals surface area contributed by atoms with Crippen molar-refractivity contribution in [2.75, 3.05) is 13.1 Å². The molecule has 1 unspecified atom stereocenters. The second-order valence-corrected chi connectivity index (χ2v) is 13.5. The first-order chi connectivity index (χ1) is 17.4. The van der Waals surface area contributed by atoms with Crippen LogP contribution in [0.5, 0.6) is 0 Å². The summed E-state index contributed by atoms with van der Waals surface area (Å²) in [6.45, 7) is 20.5. The number of aliphatic hydroxyl groups is 1. The van der Waals surface area contributed by atoms with E-state index in [2.05, 4.69) is 0 Å². The van der Waals surface area contributed by atoms with E-state index in [0.717, 1.165) is 9.80 Å². The first-order valence-corrected chi connectivity index (χ1v) is 13.6. The van der Waals surface area contributed by atoms with Gasteiger partial charge in [0.25, 0.3) is 0 Å². The van der Waals surface area contributed by atoms with Crippen molar-refractivity contribution in [2.24, 2.45) is 0 Å². The normalized spacial score (nSPS) is 13.3. The summed E-state index contributed by atoms with van der Waals surface area (Å²) in [7, 11) is 0. The van der Waals surface area contributed by atoms with Gasteiger partial charge in [-0.05, 0) is 102 Å². The summed E-state index contributed by atoms with van der Waals surface area (Å²) >= 11 is 0. The molecular formula is C28H52N2O9. The third-order valence-corrected chi connectivity index (χ3v) is 4.56. The lowest BCUT2D eigenvalue weighted by atomic mass is 10.1. The molecule has 1 N–H and O–H groups in total. The van der Waals surface area contributed by atoms with Crippen molar-refractivity contribution in [1.29, 1.82) is 0 Å². The molecule has 11 heteroatoms. The van der Waals surface area contributed by atoms with Crippen molar-refractivity contribution in [3.05, 3.63) is 0 Å². The molecule has 0 heterocycles. The second-order valence-electron chi connectivity index (χ2n) is 13.5. The van der Waals surface area contributed by atoms with Crippen LogP contribution in [0.15, 0.2) is 0 Å². The van der Waals surface area contributed by atoms with E-state index in [9.17, 15) is 24.3 Å². The molecule has 0 bridgehead atoms. The van der Waals surface area contributed by atoms with Gasteiger partial charge >= 0.3 is 24.4 Å². The molecule has 0 radical (unpaired) electrons. The lowest BCUT2D eigenvalue weighted by Gasteiger charge is -2.29. The molecule has 0 aliphatic heterocycles. The fourth-order valence-electron chi connectivity index (χ4n) is 3.03. The van der Waals surface area contributed by atoms with E-state index >= 15 is 0 Å². The van der Waals surface area contributed by atoms with Gasteiger partial charge < -0.3 is 24.1 Å². The number of ether oxygens (including phenoxy) is 4. The number of carbonyl (C=O) groups is 4. The van der Waals surface area contributed by atoms with E-state index in [4.69, 9.17) is 18.9 Å². The predicted molar refractivity (Wildman–Crippen MR) is 147 cm³/mol. The molecule has 11 nitrogen and oxygen atoms in total. The Morgan fingerprint density at radius 2 is 0.821 bits per heavy atom. The van der Waals surface area contributed by atoms with Crippen LogP contribution in [0.4, 0.5) is 19.2 Å². The quantitative estimate of drug-likeness (QED) is 0.243. The van der Waals surface area contributed by atoms with Crippen molar-refractivity contribution in [1.82, 2.24) is 9.80 Å². The molecular weight excluding hydrogens is 508 g/mol. The summed E-state index contributed by atoms with van der Waals surface area (Å²) in [4.78, 5) is 52.1. The third-order valence-electron chi connectivity index (χ3n) is 4.56. The largest absolute Gasteiger partial charge is 0.443 e. The van der Waals surface area contributed by atoms with Crippen LogP contribution in [0.2, 0.25) is 0 Å². The molecule has 0 rings (SSSR count). The van der Waals surface area contributed by atoms with Crippen molar-refractivity contribution >= 4 is 24.4 Å². The molecule has 4 amide bonds. The Bertz CT molecular complexity index is 759. The molecule has 1 atom stereocenters.